The average molecular weight is 390 g/mol. The van der Waals surface area contributed by atoms with E-state index in [1.54, 1.807) is 0 Å². The maximum atomic E-state index is 10.3. The fourth-order valence-electron chi connectivity index (χ4n) is 2.78. The van der Waals surface area contributed by atoms with Crippen LogP contribution in [0.3, 0.4) is 0 Å². The molecule has 1 N–H and O–H groups in total. The lowest BCUT2D eigenvalue weighted by atomic mass is 10.1. The monoisotopic (exact) mass is 389 g/mol. The number of halogens is 1. The molecule has 0 saturated carbocycles. The third-order valence-electron chi connectivity index (χ3n) is 4.26. The van der Waals surface area contributed by atoms with Crippen molar-refractivity contribution in [1.82, 2.24) is 4.57 Å². The summed E-state index contributed by atoms with van der Waals surface area (Å²) in [5, 5.41) is 10.3. The first-order chi connectivity index (χ1) is 11.4. The molecule has 0 fully saturated rings. The van der Waals surface area contributed by atoms with Crippen LogP contribution in [0.4, 0.5) is 0 Å². The van der Waals surface area contributed by atoms with Crippen molar-refractivity contribution in [2.45, 2.75) is 26.5 Å². The molecule has 3 rings (SSSR count). The summed E-state index contributed by atoms with van der Waals surface area (Å²) in [6, 6.07) is 12.0. The zero-order valence-corrected chi connectivity index (χ0v) is 15.7. The molecule has 3 aromatic rings. The van der Waals surface area contributed by atoms with Crippen molar-refractivity contribution < 1.29 is 14.4 Å². The van der Waals surface area contributed by atoms with Crippen molar-refractivity contribution >= 4 is 27.0 Å². The highest BCUT2D eigenvalue weighted by molar-refractivity contribution is 9.10. The van der Waals surface area contributed by atoms with Gasteiger partial charge in [-0.3, -0.25) is 0 Å². The van der Waals surface area contributed by atoms with E-state index in [0.29, 0.717) is 6.54 Å². The molecule has 0 radical (unpaired) electrons. The van der Waals surface area contributed by atoms with Crippen molar-refractivity contribution in [1.29, 1.82) is 0 Å². The van der Waals surface area contributed by atoms with Crippen molar-refractivity contribution in [3.63, 3.8) is 0 Å². The molecule has 1 aromatic heterocycles. The number of hydrogen-bond acceptors (Lipinski definition) is 2. The zero-order chi connectivity index (χ0) is 17.3. The van der Waals surface area contributed by atoms with Crippen LogP contribution < -0.4 is 9.30 Å². The molecule has 0 aliphatic heterocycles. The smallest absolute Gasteiger partial charge is 0.244 e. The van der Waals surface area contributed by atoms with E-state index < -0.39 is 6.10 Å². The van der Waals surface area contributed by atoms with Gasteiger partial charge in [0.15, 0.2) is 11.0 Å². The van der Waals surface area contributed by atoms with E-state index in [2.05, 4.69) is 51.0 Å². The summed E-state index contributed by atoms with van der Waals surface area (Å²) in [5.41, 5.74) is 4.82. The molecule has 4 nitrogen and oxygen atoms in total. The van der Waals surface area contributed by atoms with E-state index in [4.69, 9.17) is 4.74 Å². The molecular weight excluding hydrogens is 368 g/mol. The Hall–Kier alpha value is -1.85. The van der Waals surface area contributed by atoms with Gasteiger partial charge >= 0.3 is 0 Å². The standard InChI is InChI=1S/C19H22BrN2O2/c1-13-8-18-19(9-14(13)2)22(12-21(18)3)10-16(23)11-24-17-6-4-15(20)5-7-17/h4-9,12,16,23H,10-11H2,1-3H3/q+1/t16-/m0/s1. The van der Waals surface area contributed by atoms with Gasteiger partial charge in [-0.1, -0.05) is 15.9 Å². The van der Waals surface area contributed by atoms with Gasteiger partial charge in [0.1, 0.15) is 25.0 Å². The first-order valence-corrected chi connectivity index (χ1v) is 8.75. The van der Waals surface area contributed by atoms with Gasteiger partial charge in [0.2, 0.25) is 6.33 Å². The predicted molar refractivity (Wildman–Crippen MR) is 98.2 cm³/mol. The molecule has 2 aromatic carbocycles. The van der Waals surface area contributed by atoms with Gasteiger partial charge < -0.3 is 9.84 Å². The topological polar surface area (TPSA) is 38.3 Å². The number of rotatable bonds is 5. The van der Waals surface area contributed by atoms with Gasteiger partial charge in [-0.2, -0.15) is 0 Å². The van der Waals surface area contributed by atoms with Gasteiger partial charge in [0, 0.05) is 4.47 Å². The van der Waals surface area contributed by atoms with E-state index in [1.165, 1.54) is 16.6 Å². The second-order valence-electron chi connectivity index (χ2n) is 6.22. The lowest BCUT2D eigenvalue weighted by molar-refractivity contribution is -0.645. The Morgan fingerprint density at radius 1 is 1.17 bits per heavy atom. The van der Waals surface area contributed by atoms with Crippen LogP contribution in [0, 0.1) is 13.8 Å². The maximum absolute atomic E-state index is 10.3. The molecule has 0 aliphatic carbocycles. The number of hydrogen-bond donors (Lipinski definition) is 1. The molecule has 0 spiro atoms. The van der Waals surface area contributed by atoms with Crippen LogP contribution in [0.15, 0.2) is 47.2 Å². The fraction of sp³-hybridized carbons (Fsp3) is 0.316. The molecular formula is C19H22BrN2O2+. The van der Waals surface area contributed by atoms with Crippen LogP contribution in [0.2, 0.25) is 0 Å². The molecule has 1 heterocycles. The van der Waals surface area contributed by atoms with Crippen LogP contribution in [0.25, 0.3) is 11.0 Å². The van der Waals surface area contributed by atoms with Crippen LogP contribution in [0.5, 0.6) is 5.75 Å². The van der Waals surface area contributed by atoms with Crippen LogP contribution >= 0.6 is 15.9 Å². The van der Waals surface area contributed by atoms with Crippen LogP contribution in [0.1, 0.15) is 11.1 Å². The normalized spacial score (nSPS) is 12.5. The average Bonchev–Trinajstić information content (AvgIpc) is 2.83. The lowest BCUT2D eigenvalue weighted by Crippen LogP contribution is -2.27. The van der Waals surface area contributed by atoms with E-state index in [9.17, 15) is 5.11 Å². The largest absolute Gasteiger partial charge is 0.491 e. The molecule has 5 heteroatoms. The molecule has 0 amide bonds. The van der Waals surface area contributed by atoms with Gasteiger partial charge in [-0.05, 0) is 61.4 Å². The predicted octanol–water partition coefficient (Wildman–Crippen LogP) is 3.29. The summed E-state index contributed by atoms with van der Waals surface area (Å²) in [4.78, 5) is 0. The van der Waals surface area contributed by atoms with Gasteiger partial charge in [0.25, 0.3) is 0 Å². The number of ether oxygens (including phenoxy) is 1. The van der Waals surface area contributed by atoms with E-state index in [0.717, 1.165) is 15.7 Å². The van der Waals surface area contributed by atoms with E-state index >= 15 is 0 Å². The molecule has 0 aliphatic rings. The number of aliphatic hydroxyl groups excluding tert-OH is 1. The number of aryl methyl sites for hydroxylation is 3. The highest BCUT2D eigenvalue weighted by Gasteiger charge is 2.18. The Kier molecular flexibility index (Phi) is 4.92. The first kappa shape index (κ1) is 17.0. The van der Waals surface area contributed by atoms with Crippen molar-refractivity contribution in [3.05, 3.63) is 58.3 Å². The van der Waals surface area contributed by atoms with Gasteiger partial charge in [0.05, 0.1) is 7.05 Å². The summed E-state index contributed by atoms with van der Waals surface area (Å²) in [5.74, 6) is 0.756. The summed E-state index contributed by atoms with van der Waals surface area (Å²) in [7, 11) is 2.03. The second-order valence-corrected chi connectivity index (χ2v) is 7.14. The number of imidazole rings is 1. The minimum atomic E-state index is -0.578. The third-order valence-corrected chi connectivity index (χ3v) is 4.79. The Labute approximate surface area is 150 Å². The highest BCUT2D eigenvalue weighted by Crippen LogP contribution is 2.18. The minimum Gasteiger partial charge on any atom is -0.491 e. The Bertz CT molecular complexity index is 856. The highest BCUT2D eigenvalue weighted by atomic mass is 79.9. The molecule has 24 heavy (non-hydrogen) atoms. The SMILES string of the molecule is Cc1cc2c(cc1C)[n+](C)cn2C[C@H](O)COc1ccc(Br)cc1. The quantitative estimate of drug-likeness (QED) is 0.679. The van der Waals surface area contributed by atoms with E-state index in [-0.39, 0.29) is 6.61 Å². The summed E-state index contributed by atoms with van der Waals surface area (Å²) < 4.78 is 10.8. The summed E-state index contributed by atoms with van der Waals surface area (Å²) in [6.45, 7) is 4.98. The van der Waals surface area contributed by atoms with Crippen molar-refractivity contribution in [3.8, 4) is 5.75 Å². The molecule has 0 bridgehead atoms. The number of aromatic nitrogens is 2. The van der Waals surface area contributed by atoms with Crippen molar-refractivity contribution in [2.75, 3.05) is 6.61 Å². The molecule has 1 atom stereocenters. The van der Waals surface area contributed by atoms with Gasteiger partial charge in [-0.25, -0.2) is 9.13 Å². The zero-order valence-electron chi connectivity index (χ0n) is 14.2. The fourth-order valence-corrected chi connectivity index (χ4v) is 3.04. The molecule has 0 saturated heterocycles. The molecule has 0 unspecified atom stereocenters. The number of benzene rings is 2. The maximum Gasteiger partial charge on any atom is 0.244 e. The van der Waals surface area contributed by atoms with Crippen LogP contribution in [-0.2, 0) is 13.6 Å². The summed E-state index contributed by atoms with van der Waals surface area (Å²) in [6.07, 6.45) is 1.44. The summed E-state index contributed by atoms with van der Waals surface area (Å²) >= 11 is 3.40. The number of aliphatic hydroxyl groups is 1. The second kappa shape index (κ2) is 6.95. The first-order valence-electron chi connectivity index (χ1n) is 7.96. The number of nitrogens with zero attached hydrogens (tertiary/aromatic N) is 2. The minimum absolute atomic E-state index is 0.260. The van der Waals surface area contributed by atoms with E-state index in [1.807, 2.05) is 37.6 Å². The third kappa shape index (κ3) is 3.62. The Morgan fingerprint density at radius 2 is 1.83 bits per heavy atom. The van der Waals surface area contributed by atoms with Gasteiger partial charge in [-0.15, -0.1) is 0 Å². The molecule has 126 valence electrons. The number of fused-ring (bicyclic) bond motifs is 1. The Morgan fingerprint density at radius 3 is 2.54 bits per heavy atom. The lowest BCUT2D eigenvalue weighted by Gasteiger charge is -2.11. The Balaban J connectivity index is 1.72. The van der Waals surface area contributed by atoms with Crippen LogP contribution in [-0.4, -0.2) is 22.4 Å². The van der Waals surface area contributed by atoms with Crippen molar-refractivity contribution in [2.24, 2.45) is 7.05 Å².